The van der Waals surface area contributed by atoms with Crippen LogP contribution in [0.25, 0.3) is 0 Å². The number of amides is 1. The molecule has 30 heavy (non-hydrogen) atoms. The zero-order chi connectivity index (χ0) is 22.3. The van der Waals surface area contributed by atoms with Crippen LogP contribution in [0.5, 0.6) is 5.75 Å². The number of benzene rings is 1. The Morgan fingerprint density at radius 3 is 2.17 bits per heavy atom. The first-order valence-electron chi connectivity index (χ1n) is 10.5. The SMILES string of the molecule is CC(C)(C)OC(=O)c1cc(C2CC2)c(OCC2CN(C(=O)OC(C)(C)C)C2)cc1F. The van der Waals surface area contributed by atoms with Crippen LogP contribution in [0, 0.1) is 11.7 Å². The highest BCUT2D eigenvalue weighted by molar-refractivity contribution is 5.90. The van der Waals surface area contributed by atoms with Gasteiger partial charge in [-0.2, -0.15) is 0 Å². The topological polar surface area (TPSA) is 65.1 Å². The van der Waals surface area contributed by atoms with Crippen molar-refractivity contribution < 1.29 is 28.2 Å². The van der Waals surface area contributed by atoms with Crippen LogP contribution in [0.2, 0.25) is 0 Å². The number of carbonyl (C=O) groups excluding carboxylic acids is 2. The van der Waals surface area contributed by atoms with Crippen LogP contribution in [-0.4, -0.2) is 47.9 Å². The van der Waals surface area contributed by atoms with Crippen molar-refractivity contribution in [2.75, 3.05) is 19.7 Å². The molecule has 0 N–H and O–H groups in total. The predicted molar refractivity (Wildman–Crippen MR) is 110 cm³/mol. The fourth-order valence-corrected chi connectivity index (χ4v) is 3.26. The molecule has 1 saturated carbocycles. The average Bonchev–Trinajstić information content (AvgIpc) is 3.34. The molecule has 0 unspecified atom stereocenters. The number of esters is 1. The molecule has 7 heteroatoms. The van der Waals surface area contributed by atoms with Crippen molar-refractivity contribution in [1.29, 1.82) is 0 Å². The summed E-state index contributed by atoms with van der Waals surface area (Å²) in [4.78, 5) is 26.0. The molecule has 0 radical (unpaired) electrons. The summed E-state index contributed by atoms with van der Waals surface area (Å²) in [5, 5.41) is 0. The number of nitrogens with zero attached hydrogens (tertiary/aromatic N) is 1. The first-order valence-corrected chi connectivity index (χ1v) is 10.5. The maximum absolute atomic E-state index is 14.6. The lowest BCUT2D eigenvalue weighted by molar-refractivity contribution is -0.00790. The molecule has 2 aliphatic rings. The number of halogens is 1. The van der Waals surface area contributed by atoms with Crippen LogP contribution >= 0.6 is 0 Å². The van der Waals surface area contributed by atoms with Crippen LogP contribution in [0.15, 0.2) is 12.1 Å². The molecule has 1 aliphatic heterocycles. The second-order valence-corrected chi connectivity index (χ2v) is 10.2. The van der Waals surface area contributed by atoms with E-state index < -0.39 is 23.0 Å². The maximum atomic E-state index is 14.6. The molecule has 166 valence electrons. The minimum atomic E-state index is -0.692. The van der Waals surface area contributed by atoms with Gasteiger partial charge in [0.1, 0.15) is 22.8 Å². The van der Waals surface area contributed by atoms with Crippen LogP contribution in [0.4, 0.5) is 9.18 Å². The number of ether oxygens (including phenoxy) is 3. The van der Waals surface area contributed by atoms with Crippen molar-refractivity contribution >= 4 is 12.1 Å². The van der Waals surface area contributed by atoms with Gasteiger partial charge in [-0.25, -0.2) is 14.0 Å². The molecule has 1 aromatic carbocycles. The summed E-state index contributed by atoms with van der Waals surface area (Å²) < 4.78 is 31.2. The molecule has 0 aromatic heterocycles. The van der Waals surface area contributed by atoms with E-state index in [1.165, 1.54) is 6.07 Å². The van der Waals surface area contributed by atoms with Crippen molar-refractivity contribution in [3.05, 3.63) is 29.1 Å². The molecule has 0 spiro atoms. The van der Waals surface area contributed by atoms with Crippen LogP contribution in [0.1, 0.15) is 76.2 Å². The van der Waals surface area contributed by atoms with Gasteiger partial charge < -0.3 is 19.1 Å². The van der Waals surface area contributed by atoms with Crippen LogP contribution in [0.3, 0.4) is 0 Å². The van der Waals surface area contributed by atoms with Gasteiger partial charge in [0, 0.05) is 25.1 Å². The Morgan fingerprint density at radius 2 is 1.63 bits per heavy atom. The largest absolute Gasteiger partial charge is 0.493 e. The molecule has 1 amide bonds. The number of hydrogen-bond donors (Lipinski definition) is 0. The Labute approximate surface area is 177 Å². The van der Waals surface area contributed by atoms with Gasteiger partial charge in [-0.1, -0.05) is 0 Å². The molecule has 2 fully saturated rings. The lowest BCUT2D eigenvalue weighted by atomic mass is 10.0. The summed E-state index contributed by atoms with van der Waals surface area (Å²) in [5.41, 5.74) is -0.423. The molecular weight excluding hydrogens is 389 g/mol. The molecule has 1 heterocycles. The van der Waals surface area contributed by atoms with Gasteiger partial charge in [0.05, 0.1) is 12.2 Å². The van der Waals surface area contributed by atoms with E-state index in [0.717, 1.165) is 18.4 Å². The summed E-state index contributed by atoms with van der Waals surface area (Å²) in [7, 11) is 0. The van der Waals surface area contributed by atoms with E-state index in [0.29, 0.717) is 25.4 Å². The Kier molecular flexibility index (Phi) is 6.03. The van der Waals surface area contributed by atoms with Gasteiger partial charge >= 0.3 is 12.1 Å². The molecular formula is C23H32FNO5. The summed E-state index contributed by atoms with van der Waals surface area (Å²) in [6, 6.07) is 2.86. The summed E-state index contributed by atoms with van der Waals surface area (Å²) in [5.74, 6) is -0.397. The zero-order valence-corrected chi connectivity index (χ0v) is 18.7. The van der Waals surface area contributed by atoms with E-state index in [9.17, 15) is 14.0 Å². The number of likely N-dealkylation sites (tertiary alicyclic amines) is 1. The van der Waals surface area contributed by atoms with Gasteiger partial charge in [-0.3, -0.25) is 0 Å². The molecule has 6 nitrogen and oxygen atoms in total. The monoisotopic (exact) mass is 421 g/mol. The Hall–Kier alpha value is -2.31. The Balaban J connectivity index is 1.61. The van der Waals surface area contributed by atoms with Gasteiger partial charge in [-0.05, 0) is 71.9 Å². The highest BCUT2D eigenvalue weighted by Crippen LogP contribution is 2.45. The minimum absolute atomic E-state index is 0.0566. The Bertz CT molecular complexity index is 814. The van der Waals surface area contributed by atoms with E-state index in [1.807, 2.05) is 20.8 Å². The third-order valence-corrected chi connectivity index (χ3v) is 4.82. The third-order valence-electron chi connectivity index (χ3n) is 4.82. The lowest BCUT2D eigenvalue weighted by Crippen LogP contribution is -2.53. The molecule has 0 atom stereocenters. The van der Waals surface area contributed by atoms with Crippen molar-refractivity contribution in [2.45, 2.75) is 71.5 Å². The first kappa shape index (κ1) is 22.4. The van der Waals surface area contributed by atoms with E-state index in [2.05, 4.69) is 0 Å². The standard InChI is InChI=1S/C23H32FNO5/c1-22(2,3)29-20(26)17-9-16(15-7-8-15)19(10-18(17)24)28-13-14-11-25(12-14)21(27)30-23(4,5)6/h9-10,14-15H,7-8,11-13H2,1-6H3. The normalized spacial score (nSPS) is 17.4. The second-order valence-electron chi connectivity index (χ2n) is 10.2. The highest BCUT2D eigenvalue weighted by Gasteiger charge is 2.35. The minimum Gasteiger partial charge on any atom is -0.493 e. The average molecular weight is 422 g/mol. The quantitative estimate of drug-likeness (QED) is 0.633. The summed E-state index contributed by atoms with van der Waals surface area (Å²) in [6.45, 7) is 12.2. The van der Waals surface area contributed by atoms with Gasteiger partial charge in [0.15, 0.2) is 0 Å². The van der Waals surface area contributed by atoms with Gasteiger partial charge in [0.2, 0.25) is 0 Å². The van der Waals surface area contributed by atoms with Crippen LogP contribution in [-0.2, 0) is 9.47 Å². The molecule has 1 aliphatic carbocycles. The van der Waals surface area contributed by atoms with Gasteiger partial charge in [0.25, 0.3) is 0 Å². The summed E-state index contributed by atoms with van der Waals surface area (Å²) in [6.07, 6.45) is 1.65. The van der Waals surface area contributed by atoms with Crippen molar-refractivity contribution in [3.8, 4) is 5.75 Å². The van der Waals surface area contributed by atoms with Crippen LogP contribution < -0.4 is 4.74 Å². The van der Waals surface area contributed by atoms with E-state index in [4.69, 9.17) is 14.2 Å². The molecule has 1 aromatic rings. The fourth-order valence-electron chi connectivity index (χ4n) is 3.26. The lowest BCUT2D eigenvalue weighted by Gasteiger charge is -2.39. The zero-order valence-electron chi connectivity index (χ0n) is 18.7. The summed E-state index contributed by atoms with van der Waals surface area (Å²) >= 11 is 0. The number of rotatable bonds is 5. The molecule has 0 bridgehead atoms. The van der Waals surface area contributed by atoms with E-state index in [1.54, 1.807) is 31.7 Å². The maximum Gasteiger partial charge on any atom is 0.410 e. The van der Waals surface area contributed by atoms with Crippen molar-refractivity contribution in [2.24, 2.45) is 5.92 Å². The number of hydrogen-bond acceptors (Lipinski definition) is 5. The highest BCUT2D eigenvalue weighted by atomic mass is 19.1. The number of carbonyl (C=O) groups is 2. The Morgan fingerprint density at radius 1 is 1.03 bits per heavy atom. The van der Waals surface area contributed by atoms with Crippen molar-refractivity contribution in [1.82, 2.24) is 4.90 Å². The smallest absolute Gasteiger partial charge is 0.410 e. The second kappa shape index (κ2) is 8.08. The van der Waals surface area contributed by atoms with E-state index in [-0.39, 0.29) is 23.5 Å². The third kappa shape index (κ3) is 5.86. The van der Waals surface area contributed by atoms with E-state index >= 15 is 0 Å². The fraction of sp³-hybridized carbons (Fsp3) is 0.652. The first-order chi connectivity index (χ1) is 13.8. The van der Waals surface area contributed by atoms with Gasteiger partial charge in [-0.15, -0.1) is 0 Å². The molecule has 1 saturated heterocycles. The molecule has 3 rings (SSSR count). The predicted octanol–water partition coefficient (Wildman–Crippen LogP) is 4.90. The van der Waals surface area contributed by atoms with Crippen molar-refractivity contribution in [3.63, 3.8) is 0 Å².